The van der Waals surface area contributed by atoms with Crippen LogP contribution in [0.5, 0.6) is 0 Å². The second-order valence-corrected chi connectivity index (χ2v) is 14.2. The lowest BCUT2D eigenvalue weighted by Crippen LogP contribution is -2.52. The molecule has 0 bridgehead atoms. The predicted molar refractivity (Wildman–Crippen MR) is 169 cm³/mol. The summed E-state index contributed by atoms with van der Waals surface area (Å²) in [6, 6.07) is 17.6. The van der Waals surface area contributed by atoms with Crippen molar-refractivity contribution in [3.05, 3.63) is 107 Å². The number of pyridine rings is 1. The molecule has 1 fully saturated rings. The standard InChI is InChI=1S/C33H39FN6O2S/c1-22-17-30(40(38-22)27-9-5-7-24(18-27)20-35)31(41)37-29-19-25(12-13-28(29)34)33(15-14-23-10-11-23,26-8-6-16-36-21-26)39-43(42)32(2,3)4/h5-9,12-13,16-19,21,23,39H,10-11,14-15,20,35H2,1-4H3,(H,37,41). The molecule has 2 aromatic carbocycles. The molecule has 1 aliphatic rings. The van der Waals surface area contributed by atoms with E-state index >= 15 is 4.39 Å². The molecule has 4 aromatic rings. The first-order valence-electron chi connectivity index (χ1n) is 14.6. The van der Waals surface area contributed by atoms with Crippen LogP contribution in [0.15, 0.2) is 73.1 Å². The molecule has 1 aliphatic carbocycles. The number of hydrogen-bond donors (Lipinski definition) is 3. The number of carbonyl (C=O) groups excluding carboxylic acids is 1. The average Bonchev–Trinajstić information content (AvgIpc) is 3.74. The van der Waals surface area contributed by atoms with E-state index in [9.17, 15) is 9.35 Å². The predicted octanol–water partition coefficient (Wildman–Crippen LogP) is 5.91. The van der Waals surface area contributed by atoms with Gasteiger partial charge in [-0.2, -0.15) is 5.10 Å². The normalized spacial score (nSPS) is 15.6. The highest BCUT2D eigenvalue weighted by Gasteiger charge is 2.43. The number of halogens is 1. The Kier molecular flexibility index (Phi) is 9.03. The van der Waals surface area contributed by atoms with Crippen molar-refractivity contribution in [3.8, 4) is 5.69 Å². The number of benzene rings is 2. The molecular formula is C33H39FN6O2S. The molecule has 43 heavy (non-hydrogen) atoms. The average molecular weight is 603 g/mol. The number of nitrogens with two attached hydrogens (primary N) is 1. The van der Waals surface area contributed by atoms with E-state index in [0.29, 0.717) is 35.8 Å². The first-order valence-corrected chi connectivity index (χ1v) is 15.7. The lowest BCUT2D eigenvalue weighted by atomic mass is 9.80. The summed E-state index contributed by atoms with van der Waals surface area (Å²) >= 11 is -1.46. The van der Waals surface area contributed by atoms with Gasteiger partial charge in [0.15, 0.2) is 0 Å². The van der Waals surface area contributed by atoms with Gasteiger partial charge in [-0.15, -0.1) is 4.72 Å². The van der Waals surface area contributed by atoms with Gasteiger partial charge in [-0.05, 0) is 99.5 Å². The zero-order valence-corrected chi connectivity index (χ0v) is 25.9. The minimum absolute atomic E-state index is 0.0200. The van der Waals surface area contributed by atoms with Crippen molar-refractivity contribution in [1.82, 2.24) is 19.5 Å². The Hall–Kier alpha value is -3.57. The lowest BCUT2D eigenvalue weighted by Gasteiger charge is -2.38. The fraction of sp³-hybridized carbons (Fsp3) is 0.364. The third kappa shape index (κ3) is 6.99. The van der Waals surface area contributed by atoms with E-state index in [4.69, 9.17) is 5.73 Å². The van der Waals surface area contributed by atoms with Crippen LogP contribution in [-0.4, -0.2) is 30.0 Å². The Morgan fingerprint density at radius 2 is 1.91 bits per heavy atom. The fourth-order valence-corrected chi connectivity index (χ4v) is 6.08. The molecular weight excluding hydrogens is 563 g/mol. The summed E-state index contributed by atoms with van der Waals surface area (Å²) in [5.74, 6) is -0.489. The fourth-order valence-electron chi connectivity index (χ4n) is 5.12. The Bertz CT molecular complexity index is 1580. The van der Waals surface area contributed by atoms with Crippen molar-refractivity contribution in [2.75, 3.05) is 5.32 Å². The Morgan fingerprint density at radius 1 is 1.12 bits per heavy atom. The van der Waals surface area contributed by atoms with E-state index < -0.39 is 33.4 Å². The number of carbonyl (C=O) groups is 1. The third-order valence-electron chi connectivity index (χ3n) is 7.76. The molecule has 226 valence electrons. The quantitative estimate of drug-likeness (QED) is 0.184. The summed E-state index contributed by atoms with van der Waals surface area (Å²) in [5.41, 5.74) is 8.91. The van der Waals surface area contributed by atoms with Gasteiger partial charge < -0.3 is 15.6 Å². The van der Waals surface area contributed by atoms with E-state index in [0.717, 1.165) is 30.4 Å². The van der Waals surface area contributed by atoms with Crippen molar-refractivity contribution in [2.45, 2.75) is 70.2 Å². The number of hydrogen-bond acceptors (Lipinski definition) is 6. The van der Waals surface area contributed by atoms with Gasteiger partial charge in [0.25, 0.3) is 5.91 Å². The van der Waals surface area contributed by atoms with Crippen LogP contribution in [0.4, 0.5) is 10.1 Å². The molecule has 2 heterocycles. The third-order valence-corrected chi connectivity index (χ3v) is 9.41. The zero-order chi connectivity index (χ0) is 30.8. The molecule has 8 nitrogen and oxygen atoms in total. The van der Waals surface area contributed by atoms with Gasteiger partial charge in [-0.1, -0.05) is 37.1 Å². The van der Waals surface area contributed by atoms with E-state index in [1.54, 1.807) is 37.5 Å². The molecule has 4 N–H and O–H groups in total. The van der Waals surface area contributed by atoms with Crippen LogP contribution >= 0.6 is 0 Å². The number of anilines is 1. The van der Waals surface area contributed by atoms with Crippen LogP contribution in [0.25, 0.3) is 5.69 Å². The summed E-state index contributed by atoms with van der Waals surface area (Å²) in [5, 5.41) is 7.30. The van der Waals surface area contributed by atoms with E-state index in [1.165, 1.54) is 10.7 Å². The maximum atomic E-state index is 15.4. The first-order chi connectivity index (χ1) is 20.5. The molecule has 5 rings (SSSR count). The minimum Gasteiger partial charge on any atom is -0.598 e. The van der Waals surface area contributed by atoms with Crippen LogP contribution in [0.3, 0.4) is 0 Å². The molecule has 0 spiro atoms. The molecule has 10 heteroatoms. The Balaban J connectivity index is 1.55. The van der Waals surface area contributed by atoms with Crippen molar-refractivity contribution in [3.63, 3.8) is 0 Å². The smallest absolute Gasteiger partial charge is 0.274 e. The number of rotatable bonds is 11. The zero-order valence-electron chi connectivity index (χ0n) is 25.1. The van der Waals surface area contributed by atoms with Crippen LogP contribution in [-0.2, 0) is 23.4 Å². The van der Waals surface area contributed by atoms with Crippen LogP contribution in [0.1, 0.15) is 79.3 Å². The summed E-state index contributed by atoms with van der Waals surface area (Å²) in [7, 11) is 0. The van der Waals surface area contributed by atoms with Gasteiger partial charge >= 0.3 is 0 Å². The lowest BCUT2D eigenvalue weighted by molar-refractivity contribution is 0.101. The number of aryl methyl sites for hydroxylation is 1. The second kappa shape index (κ2) is 12.6. The number of nitrogens with zero attached hydrogens (tertiary/aromatic N) is 3. The molecule has 2 atom stereocenters. The van der Waals surface area contributed by atoms with Crippen molar-refractivity contribution < 1.29 is 13.7 Å². The molecule has 0 aliphatic heterocycles. The van der Waals surface area contributed by atoms with Gasteiger partial charge in [0.05, 0.1) is 17.1 Å². The Morgan fingerprint density at radius 3 is 2.58 bits per heavy atom. The summed E-state index contributed by atoms with van der Waals surface area (Å²) in [6.07, 6.45) is 7.32. The minimum atomic E-state index is -1.46. The second-order valence-electron chi connectivity index (χ2n) is 12.2. The van der Waals surface area contributed by atoms with E-state index in [1.807, 2.05) is 57.2 Å². The molecule has 1 saturated carbocycles. The number of nitrogens with one attached hydrogen (secondary N) is 2. The van der Waals surface area contributed by atoms with Crippen molar-refractivity contribution in [2.24, 2.45) is 11.7 Å². The number of aromatic nitrogens is 3. The van der Waals surface area contributed by atoms with Gasteiger partial charge in [0.2, 0.25) is 0 Å². The summed E-state index contributed by atoms with van der Waals surface area (Å²) in [6.45, 7) is 7.88. The maximum Gasteiger partial charge on any atom is 0.274 e. The van der Waals surface area contributed by atoms with Crippen molar-refractivity contribution in [1.29, 1.82) is 0 Å². The van der Waals surface area contributed by atoms with Crippen LogP contribution < -0.4 is 15.8 Å². The summed E-state index contributed by atoms with van der Waals surface area (Å²) in [4.78, 5) is 18.0. The first kappa shape index (κ1) is 30.9. The van der Waals surface area contributed by atoms with E-state index in [2.05, 4.69) is 20.1 Å². The molecule has 0 radical (unpaired) electrons. The van der Waals surface area contributed by atoms with Gasteiger partial charge in [-0.25, -0.2) is 9.07 Å². The number of amides is 1. The SMILES string of the molecule is Cc1cc(C(=O)Nc2cc(C(CCC3CC3)(N[S+]([O-])C(C)(C)C)c3cccnc3)ccc2F)n(-c2cccc(CN)c2)n1. The highest BCUT2D eigenvalue weighted by atomic mass is 32.2. The highest BCUT2D eigenvalue weighted by Crippen LogP contribution is 2.43. The molecule has 0 saturated heterocycles. The Labute approximate surface area is 255 Å². The van der Waals surface area contributed by atoms with Crippen molar-refractivity contribution >= 4 is 23.0 Å². The topological polar surface area (TPSA) is 121 Å². The molecule has 1 amide bonds. The molecule has 2 aromatic heterocycles. The summed E-state index contributed by atoms with van der Waals surface area (Å²) < 4.78 is 33.5. The monoisotopic (exact) mass is 602 g/mol. The van der Waals surface area contributed by atoms with E-state index in [-0.39, 0.29) is 11.4 Å². The van der Waals surface area contributed by atoms with Gasteiger partial charge in [0, 0.05) is 30.3 Å². The van der Waals surface area contributed by atoms with Crippen LogP contribution in [0, 0.1) is 18.7 Å². The molecule has 2 unspecified atom stereocenters. The largest absolute Gasteiger partial charge is 0.598 e. The maximum absolute atomic E-state index is 15.4. The van der Waals surface area contributed by atoms with Gasteiger partial charge in [-0.3, -0.25) is 9.78 Å². The van der Waals surface area contributed by atoms with Crippen LogP contribution in [0.2, 0.25) is 0 Å². The highest BCUT2D eigenvalue weighted by molar-refractivity contribution is 7.90. The van der Waals surface area contributed by atoms with Gasteiger partial charge in [0.1, 0.15) is 21.8 Å².